The molecule has 9 heteroatoms. The molecule has 37 heavy (non-hydrogen) atoms. The number of hydrogen-bond donors (Lipinski definition) is 3. The van der Waals surface area contributed by atoms with Gasteiger partial charge in [0, 0.05) is 17.8 Å². The van der Waals surface area contributed by atoms with Crippen LogP contribution in [0.2, 0.25) is 0 Å². The number of methoxy groups -OCH3 is 2. The topological polar surface area (TPSA) is 132 Å². The number of nitrogen functional groups attached to an aromatic ring is 1. The standard InChI is InChI=1S/C24H32N2O3.C4H4O4/c1-27-23-5-3-19(15-24(23)28-2)17-7-11-26(12-8-17)13-9-18-10-14-29-22-6-4-20(25)16-21(18)22;5-3(6)1-2-4(7)8/h3-6,15-18H,7-14,25H2,1-2H3;1-2H,(H,5,6)(H,7,8). The molecule has 1 atom stereocenters. The van der Waals surface area contributed by atoms with E-state index in [1.54, 1.807) is 14.2 Å². The van der Waals surface area contributed by atoms with Crippen LogP contribution in [0, 0.1) is 0 Å². The third-order valence-electron chi connectivity index (χ3n) is 6.83. The van der Waals surface area contributed by atoms with Gasteiger partial charge in [0.2, 0.25) is 0 Å². The van der Waals surface area contributed by atoms with Crippen molar-refractivity contribution in [2.45, 2.75) is 37.5 Å². The van der Waals surface area contributed by atoms with Crippen molar-refractivity contribution >= 4 is 17.6 Å². The number of nitrogens with zero attached hydrogens (tertiary/aromatic N) is 1. The number of nitrogens with two attached hydrogens (primary N) is 1. The molecule has 2 heterocycles. The fourth-order valence-corrected chi connectivity index (χ4v) is 4.86. The number of anilines is 1. The highest BCUT2D eigenvalue weighted by molar-refractivity contribution is 5.89. The molecule has 2 aliphatic heterocycles. The molecule has 2 aromatic carbocycles. The lowest BCUT2D eigenvalue weighted by atomic mass is 9.87. The Morgan fingerprint density at radius 1 is 1.00 bits per heavy atom. The van der Waals surface area contributed by atoms with Crippen molar-refractivity contribution in [1.82, 2.24) is 4.90 Å². The summed E-state index contributed by atoms with van der Waals surface area (Å²) in [4.78, 5) is 21.7. The second-order valence-corrected chi connectivity index (χ2v) is 9.16. The van der Waals surface area contributed by atoms with Gasteiger partial charge in [-0.15, -0.1) is 0 Å². The van der Waals surface area contributed by atoms with Crippen molar-refractivity contribution in [2.24, 2.45) is 0 Å². The number of carboxylic acid groups (broad SMARTS) is 2. The monoisotopic (exact) mass is 512 g/mol. The van der Waals surface area contributed by atoms with Gasteiger partial charge < -0.3 is 35.1 Å². The Hall–Kier alpha value is -3.72. The molecule has 0 saturated carbocycles. The van der Waals surface area contributed by atoms with E-state index < -0.39 is 11.9 Å². The molecule has 0 amide bonds. The first-order valence-electron chi connectivity index (χ1n) is 12.4. The molecule has 1 saturated heterocycles. The highest BCUT2D eigenvalue weighted by atomic mass is 16.5. The van der Waals surface area contributed by atoms with Gasteiger partial charge in [-0.2, -0.15) is 0 Å². The van der Waals surface area contributed by atoms with Crippen LogP contribution in [0.15, 0.2) is 48.6 Å². The van der Waals surface area contributed by atoms with E-state index in [2.05, 4.69) is 23.1 Å². The Morgan fingerprint density at radius 2 is 1.68 bits per heavy atom. The van der Waals surface area contributed by atoms with Crippen LogP contribution in [0.25, 0.3) is 0 Å². The lowest BCUT2D eigenvalue weighted by Crippen LogP contribution is -2.34. The van der Waals surface area contributed by atoms with Gasteiger partial charge in [-0.3, -0.25) is 0 Å². The zero-order chi connectivity index (χ0) is 26.8. The van der Waals surface area contributed by atoms with Crippen molar-refractivity contribution in [2.75, 3.05) is 46.2 Å². The first kappa shape index (κ1) is 27.9. The minimum absolute atomic E-state index is 0.547. The van der Waals surface area contributed by atoms with Crippen molar-refractivity contribution in [3.63, 3.8) is 0 Å². The lowest BCUT2D eigenvalue weighted by Gasteiger charge is -2.34. The van der Waals surface area contributed by atoms with Crippen LogP contribution in [-0.2, 0) is 9.59 Å². The molecule has 9 nitrogen and oxygen atoms in total. The smallest absolute Gasteiger partial charge is 0.328 e. The van der Waals surface area contributed by atoms with Crippen molar-refractivity contribution < 1.29 is 34.0 Å². The highest BCUT2D eigenvalue weighted by Gasteiger charge is 2.25. The van der Waals surface area contributed by atoms with Crippen LogP contribution in [0.4, 0.5) is 5.69 Å². The van der Waals surface area contributed by atoms with Crippen molar-refractivity contribution in [3.05, 3.63) is 59.7 Å². The average molecular weight is 513 g/mol. The van der Waals surface area contributed by atoms with Gasteiger partial charge in [-0.05, 0) is 98.6 Å². The minimum Gasteiger partial charge on any atom is -0.493 e. The molecule has 2 aromatic rings. The maximum absolute atomic E-state index is 9.55. The summed E-state index contributed by atoms with van der Waals surface area (Å²) in [6.07, 6.45) is 5.74. The summed E-state index contributed by atoms with van der Waals surface area (Å²) in [5, 5.41) is 15.6. The molecule has 200 valence electrons. The van der Waals surface area contributed by atoms with Crippen LogP contribution in [-0.4, -0.2) is 67.5 Å². The van der Waals surface area contributed by atoms with Crippen LogP contribution in [0.1, 0.15) is 48.6 Å². The number of ether oxygens (including phenoxy) is 3. The van der Waals surface area contributed by atoms with Gasteiger partial charge >= 0.3 is 11.9 Å². The second kappa shape index (κ2) is 13.5. The molecule has 0 aliphatic carbocycles. The van der Waals surface area contributed by atoms with Gasteiger partial charge in [0.15, 0.2) is 11.5 Å². The average Bonchev–Trinajstić information content (AvgIpc) is 2.91. The second-order valence-electron chi connectivity index (χ2n) is 9.16. The Labute approximate surface area is 217 Å². The SMILES string of the molecule is COc1ccc(C2CCN(CCC3CCOc4ccc(N)cc43)CC2)cc1OC.O=C(O)C=CC(=O)O. The maximum atomic E-state index is 9.55. The van der Waals surface area contributed by atoms with Gasteiger partial charge in [-0.1, -0.05) is 6.07 Å². The van der Waals surface area contributed by atoms with E-state index in [4.69, 9.17) is 30.2 Å². The summed E-state index contributed by atoms with van der Waals surface area (Å²) >= 11 is 0. The van der Waals surface area contributed by atoms with E-state index in [0.717, 1.165) is 55.6 Å². The summed E-state index contributed by atoms with van der Waals surface area (Å²) < 4.78 is 16.7. The number of hydrogen-bond acceptors (Lipinski definition) is 7. The predicted octanol–water partition coefficient (Wildman–Crippen LogP) is 4.13. The summed E-state index contributed by atoms with van der Waals surface area (Å²) in [5.41, 5.74) is 9.48. The highest BCUT2D eigenvalue weighted by Crippen LogP contribution is 2.38. The Balaban J connectivity index is 0.000000414. The fourth-order valence-electron chi connectivity index (χ4n) is 4.86. The number of fused-ring (bicyclic) bond motifs is 1. The normalized spacial score (nSPS) is 17.7. The molecule has 4 N–H and O–H groups in total. The number of rotatable bonds is 8. The van der Waals surface area contributed by atoms with Gasteiger partial charge in [-0.25, -0.2) is 9.59 Å². The quantitative estimate of drug-likeness (QED) is 0.353. The lowest BCUT2D eigenvalue weighted by molar-refractivity contribution is -0.134. The molecule has 1 fully saturated rings. The minimum atomic E-state index is -1.26. The Kier molecular flexibility index (Phi) is 10.2. The summed E-state index contributed by atoms with van der Waals surface area (Å²) in [6.45, 7) is 4.23. The number of likely N-dealkylation sites (tertiary alicyclic amines) is 1. The van der Waals surface area contributed by atoms with Crippen LogP contribution in [0.3, 0.4) is 0 Å². The number of aliphatic carboxylic acids is 2. The molecular formula is C28H36N2O7. The number of piperidine rings is 1. The molecular weight excluding hydrogens is 476 g/mol. The van der Waals surface area contributed by atoms with E-state index in [1.807, 2.05) is 18.2 Å². The summed E-state index contributed by atoms with van der Waals surface area (Å²) in [6, 6.07) is 12.4. The molecule has 2 aliphatic rings. The molecule has 0 aromatic heterocycles. The predicted molar refractivity (Wildman–Crippen MR) is 141 cm³/mol. The number of benzene rings is 2. The molecule has 0 spiro atoms. The van der Waals surface area contributed by atoms with E-state index in [-0.39, 0.29) is 0 Å². The maximum Gasteiger partial charge on any atom is 0.328 e. The zero-order valence-corrected chi connectivity index (χ0v) is 21.4. The molecule has 1 unspecified atom stereocenters. The molecule has 0 radical (unpaired) electrons. The Bertz CT molecular complexity index is 1080. The van der Waals surface area contributed by atoms with E-state index in [1.165, 1.54) is 30.4 Å². The largest absolute Gasteiger partial charge is 0.493 e. The first-order chi connectivity index (χ1) is 17.8. The fraction of sp³-hybridized carbons (Fsp3) is 0.429. The first-order valence-corrected chi connectivity index (χ1v) is 12.4. The van der Waals surface area contributed by atoms with Crippen LogP contribution in [0.5, 0.6) is 17.2 Å². The molecule has 0 bridgehead atoms. The number of carbonyl (C=O) groups is 2. The summed E-state index contributed by atoms with van der Waals surface area (Å²) in [7, 11) is 3.38. The Morgan fingerprint density at radius 3 is 2.30 bits per heavy atom. The van der Waals surface area contributed by atoms with Crippen LogP contribution >= 0.6 is 0 Å². The molecule has 4 rings (SSSR count). The van der Waals surface area contributed by atoms with Crippen molar-refractivity contribution in [1.29, 1.82) is 0 Å². The van der Waals surface area contributed by atoms with E-state index in [0.29, 0.717) is 24.0 Å². The van der Waals surface area contributed by atoms with E-state index in [9.17, 15) is 9.59 Å². The van der Waals surface area contributed by atoms with Crippen LogP contribution < -0.4 is 19.9 Å². The number of carboxylic acids is 2. The third kappa shape index (κ3) is 8.15. The van der Waals surface area contributed by atoms with Gasteiger partial charge in [0.05, 0.1) is 20.8 Å². The van der Waals surface area contributed by atoms with Gasteiger partial charge in [0.1, 0.15) is 5.75 Å². The van der Waals surface area contributed by atoms with Gasteiger partial charge in [0.25, 0.3) is 0 Å². The summed E-state index contributed by atoms with van der Waals surface area (Å²) in [5.74, 6) is 1.26. The van der Waals surface area contributed by atoms with Crippen molar-refractivity contribution in [3.8, 4) is 17.2 Å². The van der Waals surface area contributed by atoms with E-state index >= 15 is 0 Å². The third-order valence-corrected chi connectivity index (χ3v) is 6.83. The zero-order valence-electron chi connectivity index (χ0n) is 21.4.